The number of nitrogens with one attached hydrogen (secondary N) is 1. The van der Waals surface area contributed by atoms with Gasteiger partial charge in [-0.2, -0.15) is 0 Å². The lowest BCUT2D eigenvalue weighted by Gasteiger charge is -2.40. The first kappa shape index (κ1) is 14.0. The summed E-state index contributed by atoms with van der Waals surface area (Å²) in [6, 6.07) is 0.864. The minimum atomic E-state index is -2.17. The Hall–Kier alpha value is 0.974. The summed E-state index contributed by atoms with van der Waals surface area (Å²) in [7, 11) is -1.51. The van der Waals surface area contributed by atoms with Gasteiger partial charge in [-0.3, -0.25) is 0 Å². The Labute approximate surface area is 93.8 Å². The standard InChI is InChI=1S/C8H21Cl2NSi2/c1-7-13(9,10)11-12(5,6)8(2,3)4/h11H,7H2,1-6H3. The summed E-state index contributed by atoms with van der Waals surface area (Å²) in [5.41, 5.74) is 0. The van der Waals surface area contributed by atoms with Gasteiger partial charge in [0.05, 0.1) is 0 Å². The molecule has 0 heterocycles. The van der Waals surface area contributed by atoms with Gasteiger partial charge in [0.1, 0.15) is 8.24 Å². The molecule has 80 valence electrons. The van der Waals surface area contributed by atoms with E-state index in [0.717, 1.165) is 6.04 Å². The Bertz CT molecular complexity index is 175. The predicted molar refractivity (Wildman–Crippen MR) is 68.3 cm³/mol. The van der Waals surface area contributed by atoms with Crippen molar-refractivity contribution in [2.75, 3.05) is 0 Å². The summed E-state index contributed by atoms with van der Waals surface area (Å²) in [5, 5.41) is 0.296. The first-order valence-electron chi connectivity index (χ1n) is 4.69. The lowest BCUT2D eigenvalue weighted by atomic mass is 10.2. The Morgan fingerprint density at radius 1 is 1.15 bits per heavy atom. The zero-order valence-electron chi connectivity index (χ0n) is 9.46. The zero-order chi connectivity index (χ0) is 10.9. The minimum Gasteiger partial charge on any atom is -0.335 e. The molecule has 5 heteroatoms. The Kier molecular flexibility index (Phi) is 4.55. The maximum absolute atomic E-state index is 6.24. The second-order valence-electron chi connectivity index (χ2n) is 5.06. The van der Waals surface area contributed by atoms with Crippen molar-refractivity contribution in [3.05, 3.63) is 0 Å². The Balaban J connectivity index is 4.52. The smallest absolute Gasteiger partial charge is 0.315 e. The van der Waals surface area contributed by atoms with E-state index in [2.05, 4.69) is 38.5 Å². The molecule has 0 aliphatic carbocycles. The van der Waals surface area contributed by atoms with Gasteiger partial charge in [0.25, 0.3) is 0 Å². The average molecular weight is 258 g/mol. The maximum atomic E-state index is 6.24. The van der Waals surface area contributed by atoms with Crippen LogP contribution < -0.4 is 4.65 Å². The maximum Gasteiger partial charge on any atom is 0.315 e. The van der Waals surface area contributed by atoms with E-state index in [0.29, 0.717) is 5.04 Å². The summed E-state index contributed by atoms with van der Waals surface area (Å²) in [6.45, 7) is 11.2. The molecule has 0 aromatic carbocycles. The molecule has 0 rings (SSSR count). The van der Waals surface area contributed by atoms with Gasteiger partial charge < -0.3 is 4.65 Å². The number of hydrogen-bond acceptors (Lipinski definition) is 1. The summed E-state index contributed by atoms with van der Waals surface area (Å²) in [6.07, 6.45) is 0. The van der Waals surface area contributed by atoms with E-state index < -0.39 is 15.1 Å². The van der Waals surface area contributed by atoms with Gasteiger partial charge in [0, 0.05) is 0 Å². The SMILES string of the molecule is CC[Si](Cl)(Cl)N[Si](C)(C)C(C)(C)C. The van der Waals surface area contributed by atoms with E-state index >= 15 is 0 Å². The van der Waals surface area contributed by atoms with E-state index in [1.54, 1.807) is 0 Å². The molecule has 0 bridgehead atoms. The highest BCUT2D eigenvalue weighted by Crippen LogP contribution is 2.36. The summed E-state index contributed by atoms with van der Waals surface area (Å²) in [5.74, 6) is 0. The fraction of sp³-hybridized carbons (Fsp3) is 1.00. The van der Waals surface area contributed by atoms with E-state index in [9.17, 15) is 0 Å². The minimum absolute atomic E-state index is 0.296. The Morgan fingerprint density at radius 3 is 1.77 bits per heavy atom. The molecule has 0 radical (unpaired) electrons. The average Bonchev–Trinajstić information content (AvgIpc) is 1.83. The van der Waals surface area contributed by atoms with Crippen molar-refractivity contribution < 1.29 is 0 Å². The summed E-state index contributed by atoms with van der Waals surface area (Å²) >= 11 is 12.5. The van der Waals surface area contributed by atoms with Crippen molar-refractivity contribution in [3.63, 3.8) is 0 Å². The lowest BCUT2D eigenvalue weighted by Crippen LogP contribution is -2.60. The van der Waals surface area contributed by atoms with Gasteiger partial charge in [-0.1, -0.05) is 40.8 Å². The summed E-state index contributed by atoms with van der Waals surface area (Å²) in [4.78, 5) is 0. The van der Waals surface area contributed by atoms with Gasteiger partial charge in [0.2, 0.25) is 0 Å². The van der Waals surface area contributed by atoms with E-state index in [-0.39, 0.29) is 0 Å². The quantitative estimate of drug-likeness (QED) is 0.595. The van der Waals surface area contributed by atoms with Crippen LogP contribution in [-0.4, -0.2) is 15.1 Å². The molecule has 0 fully saturated rings. The molecule has 0 aliphatic rings. The fourth-order valence-electron chi connectivity index (χ4n) is 0.733. The van der Waals surface area contributed by atoms with E-state index in [4.69, 9.17) is 22.2 Å². The third kappa shape index (κ3) is 4.34. The largest absolute Gasteiger partial charge is 0.335 e. The molecule has 0 saturated heterocycles. The van der Waals surface area contributed by atoms with Crippen LogP contribution in [0.5, 0.6) is 0 Å². The molecule has 0 aliphatic heterocycles. The van der Waals surface area contributed by atoms with Crippen LogP contribution in [0.3, 0.4) is 0 Å². The van der Waals surface area contributed by atoms with Crippen LogP contribution in [0, 0.1) is 0 Å². The number of hydrogen-bond donors (Lipinski definition) is 1. The van der Waals surface area contributed by atoms with Crippen LogP contribution in [-0.2, 0) is 0 Å². The number of halogens is 2. The molecule has 0 spiro atoms. The molecule has 0 unspecified atom stereocenters. The van der Waals surface area contributed by atoms with Gasteiger partial charge >= 0.3 is 6.86 Å². The number of rotatable bonds is 3. The first-order valence-corrected chi connectivity index (χ1v) is 11.9. The summed E-state index contributed by atoms with van der Waals surface area (Å²) < 4.78 is 3.53. The molecule has 1 N–H and O–H groups in total. The van der Waals surface area contributed by atoms with Crippen LogP contribution in [0.4, 0.5) is 0 Å². The van der Waals surface area contributed by atoms with Crippen molar-refractivity contribution in [3.8, 4) is 0 Å². The van der Waals surface area contributed by atoms with Crippen LogP contribution in [0.15, 0.2) is 0 Å². The molecule has 0 aromatic rings. The fourth-order valence-corrected chi connectivity index (χ4v) is 10.8. The molecule has 0 saturated carbocycles. The third-order valence-electron chi connectivity index (χ3n) is 2.81. The lowest BCUT2D eigenvalue weighted by molar-refractivity contribution is 0.710. The topological polar surface area (TPSA) is 12.0 Å². The predicted octanol–water partition coefficient (Wildman–Crippen LogP) is 4.02. The van der Waals surface area contributed by atoms with Crippen molar-refractivity contribution in [1.29, 1.82) is 0 Å². The molecule has 0 amide bonds. The van der Waals surface area contributed by atoms with Gasteiger partial charge in [-0.25, -0.2) is 0 Å². The molecular weight excluding hydrogens is 237 g/mol. The van der Waals surface area contributed by atoms with Crippen LogP contribution in [0.25, 0.3) is 0 Å². The first-order chi connectivity index (χ1) is 5.52. The Morgan fingerprint density at radius 2 is 1.54 bits per heavy atom. The van der Waals surface area contributed by atoms with Gasteiger partial charge in [-0.05, 0) is 11.1 Å². The van der Waals surface area contributed by atoms with Crippen molar-refractivity contribution >= 4 is 37.2 Å². The zero-order valence-corrected chi connectivity index (χ0v) is 13.0. The van der Waals surface area contributed by atoms with Crippen molar-refractivity contribution in [2.24, 2.45) is 0 Å². The highest BCUT2D eigenvalue weighted by molar-refractivity contribution is 7.46. The van der Waals surface area contributed by atoms with Crippen LogP contribution >= 0.6 is 22.2 Å². The second-order valence-corrected chi connectivity index (χ2v) is 17.4. The van der Waals surface area contributed by atoms with Crippen LogP contribution in [0.1, 0.15) is 27.7 Å². The highest BCUT2D eigenvalue weighted by atomic mass is 35.7. The molecule has 0 atom stereocenters. The normalized spacial score (nSPS) is 14.8. The van der Waals surface area contributed by atoms with E-state index in [1.807, 2.05) is 6.92 Å². The molecule has 0 aromatic heterocycles. The monoisotopic (exact) mass is 257 g/mol. The van der Waals surface area contributed by atoms with Gasteiger partial charge in [-0.15, -0.1) is 22.2 Å². The second kappa shape index (κ2) is 4.23. The third-order valence-corrected chi connectivity index (χ3v) is 14.7. The van der Waals surface area contributed by atoms with Crippen molar-refractivity contribution in [2.45, 2.75) is 51.9 Å². The van der Waals surface area contributed by atoms with E-state index in [1.165, 1.54) is 0 Å². The van der Waals surface area contributed by atoms with Crippen LogP contribution in [0.2, 0.25) is 24.2 Å². The van der Waals surface area contributed by atoms with Crippen molar-refractivity contribution in [1.82, 2.24) is 4.65 Å². The highest BCUT2D eigenvalue weighted by Gasteiger charge is 2.42. The van der Waals surface area contributed by atoms with Gasteiger partial charge in [0.15, 0.2) is 0 Å². The molecule has 13 heavy (non-hydrogen) atoms. The molecule has 1 nitrogen and oxygen atoms in total. The molecular formula is C8H21Cl2NSi2.